The van der Waals surface area contributed by atoms with Crippen LogP contribution < -0.4 is 0 Å². The van der Waals surface area contributed by atoms with Crippen LogP contribution in [0, 0.1) is 18.3 Å². The van der Waals surface area contributed by atoms with Gasteiger partial charge in [-0.25, -0.2) is 0 Å². The summed E-state index contributed by atoms with van der Waals surface area (Å²) in [6.07, 6.45) is 25.5. The van der Waals surface area contributed by atoms with Gasteiger partial charge in [-0.05, 0) is 18.3 Å². The molecule has 0 nitrogen and oxygen atoms in total. The molecule has 0 rings (SSSR count). The zero-order chi connectivity index (χ0) is 17.2. The molecule has 2 unspecified atom stereocenters. The maximum absolute atomic E-state index is 2.76. The molecule has 0 saturated carbocycles. The van der Waals surface area contributed by atoms with Crippen LogP contribution in [0.25, 0.3) is 0 Å². The molecule has 2 atom stereocenters. The van der Waals surface area contributed by atoms with Crippen molar-refractivity contribution < 1.29 is 0 Å². The van der Waals surface area contributed by atoms with Gasteiger partial charge in [-0.3, -0.25) is 0 Å². The van der Waals surface area contributed by atoms with E-state index in [0.29, 0.717) is 0 Å². The Labute approximate surface area is 149 Å². The van der Waals surface area contributed by atoms with Gasteiger partial charge in [0.2, 0.25) is 0 Å². The first-order valence-corrected chi connectivity index (χ1v) is 11.1. The molecule has 0 spiro atoms. The highest BCUT2D eigenvalue weighted by Gasteiger charge is 2.15. The van der Waals surface area contributed by atoms with Crippen LogP contribution >= 0.6 is 0 Å². The molecular weight excluding hydrogens is 276 g/mol. The lowest BCUT2D eigenvalue weighted by Gasteiger charge is -2.22. The average molecular weight is 324 g/mol. The predicted molar refractivity (Wildman–Crippen MR) is 108 cm³/mol. The van der Waals surface area contributed by atoms with E-state index >= 15 is 0 Å². The number of rotatable bonds is 18. The summed E-state index contributed by atoms with van der Waals surface area (Å²) in [5.74, 6) is 1.78. The van der Waals surface area contributed by atoms with E-state index in [-0.39, 0.29) is 0 Å². The molecule has 0 aromatic heterocycles. The first-order chi connectivity index (χ1) is 11.3. The van der Waals surface area contributed by atoms with Crippen LogP contribution in [0.3, 0.4) is 0 Å². The smallest absolute Gasteiger partial charge is 0.0324 e. The maximum Gasteiger partial charge on any atom is -0.0324 e. The van der Waals surface area contributed by atoms with Gasteiger partial charge in [0.05, 0.1) is 0 Å². The summed E-state index contributed by atoms with van der Waals surface area (Å²) in [5.41, 5.74) is 0. The van der Waals surface area contributed by atoms with Crippen LogP contribution in [0.2, 0.25) is 0 Å². The van der Waals surface area contributed by atoms with Crippen molar-refractivity contribution in [3.8, 4) is 0 Å². The second-order valence-corrected chi connectivity index (χ2v) is 7.67. The molecule has 0 aromatic rings. The molecular formula is C23H47. The van der Waals surface area contributed by atoms with Gasteiger partial charge in [-0.2, -0.15) is 0 Å². The second-order valence-electron chi connectivity index (χ2n) is 7.67. The zero-order valence-corrected chi connectivity index (χ0v) is 17.0. The van der Waals surface area contributed by atoms with Crippen molar-refractivity contribution in [2.45, 2.75) is 130 Å². The summed E-state index contributed by atoms with van der Waals surface area (Å²) < 4.78 is 0. The van der Waals surface area contributed by atoms with Gasteiger partial charge in [0, 0.05) is 0 Å². The third kappa shape index (κ3) is 15.3. The third-order valence-corrected chi connectivity index (χ3v) is 5.34. The minimum atomic E-state index is 0.883. The fourth-order valence-electron chi connectivity index (χ4n) is 3.73. The van der Waals surface area contributed by atoms with E-state index < -0.39 is 0 Å². The van der Waals surface area contributed by atoms with Crippen molar-refractivity contribution in [1.82, 2.24) is 0 Å². The third-order valence-electron chi connectivity index (χ3n) is 5.34. The lowest BCUT2D eigenvalue weighted by atomic mass is 9.83. The molecule has 23 heavy (non-hydrogen) atoms. The van der Waals surface area contributed by atoms with Gasteiger partial charge < -0.3 is 0 Å². The largest absolute Gasteiger partial charge is 0.0654 e. The zero-order valence-electron chi connectivity index (χ0n) is 17.0. The number of hydrogen-bond donors (Lipinski definition) is 0. The Morgan fingerprint density at radius 1 is 0.478 bits per heavy atom. The quantitative estimate of drug-likeness (QED) is 0.221. The first-order valence-electron chi connectivity index (χ1n) is 11.1. The highest BCUT2D eigenvalue weighted by molar-refractivity contribution is 4.83. The lowest BCUT2D eigenvalue weighted by molar-refractivity contribution is 0.388. The van der Waals surface area contributed by atoms with Gasteiger partial charge in [0.25, 0.3) is 0 Å². The van der Waals surface area contributed by atoms with Gasteiger partial charge in [0.15, 0.2) is 0 Å². The molecule has 139 valence electrons. The highest BCUT2D eigenvalue weighted by Crippen LogP contribution is 2.27. The van der Waals surface area contributed by atoms with E-state index in [9.17, 15) is 0 Å². The fourth-order valence-corrected chi connectivity index (χ4v) is 3.73. The molecule has 0 bridgehead atoms. The molecule has 0 heterocycles. The van der Waals surface area contributed by atoms with Crippen LogP contribution in [0.5, 0.6) is 0 Å². The van der Waals surface area contributed by atoms with Crippen molar-refractivity contribution in [1.29, 1.82) is 0 Å². The van der Waals surface area contributed by atoms with Gasteiger partial charge in [0.1, 0.15) is 0 Å². The number of hydrogen-bond acceptors (Lipinski definition) is 0. The Hall–Kier alpha value is 0. The molecule has 0 N–H and O–H groups in total. The van der Waals surface area contributed by atoms with E-state index in [1.807, 2.05) is 0 Å². The Morgan fingerprint density at radius 2 is 0.957 bits per heavy atom. The van der Waals surface area contributed by atoms with Crippen molar-refractivity contribution in [3.63, 3.8) is 0 Å². The summed E-state index contributed by atoms with van der Waals surface area (Å²) in [4.78, 5) is 0. The fraction of sp³-hybridized carbons (Fsp3) is 0.957. The van der Waals surface area contributed by atoms with Crippen molar-refractivity contribution in [2.24, 2.45) is 11.8 Å². The Morgan fingerprint density at radius 3 is 1.43 bits per heavy atom. The number of unbranched alkanes of at least 4 members (excludes halogenated alkanes) is 9. The van der Waals surface area contributed by atoms with Gasteiger partial charge >= 0.3 is 0 Å². The topological polar surface area (TPSA) is 0 Å². The van der Waals surface area contributed by atoms with Crippen LogP contribution in [0.4, 0.5) is 0 Å². The maximum atomic E-state index is 2.76. The van der Waals surface area contributed by atoms with Crippen LogP contribution in [0.1, 0.15) is 130 Å². The van der Waals surface area contributed by atoms with Crippen LogP contribution in [-0.2, 0) is 0 Å². The van der Waals surface area contributed by atoms with Crippen molar-refractivity contribution >= 4 is 0 Å². The molecule has 0 heteroatoms. The first kappa shape index (κ1) is 23.0. The predicted octanol–water partition coefficient (Wildman–Crippen LogP) is 8.74. The Bertz CT molecular complexity index is 208. The normalized spacial score (nSPS) is 14.1. The highest BCUT2D eigenvalue weighted by atomic mass is 14.2. The monoisotopic (exact) mass is 323 g/mol. The minimum Gasteiger partial charge on any atom is -0.0654 e. The Kier molecular flexibility index (Phi) is 18.3. The second kappa shape index (κ2) is 18.3. The average Bonchev–Trinajstić information content (AvgIpc) is 2.56. The van der Waals surface area contributed by atoms with Crippen LogP contribution in [0.15, 0.2) is 0 Å². The molecule has 0 aliphatic rings. The lowest BCUT2D eigenvalue weighted by Crippen LogP contribution is -2.10. The minimum absolute atomic E-state index is 0.883. The summed E-state index contributed by atoms with van der Waals surface area (Å²) in [5, 5.41) is 0. The van der Waals surface area contributed by atoms with Crippen molar-refractivity contribution in [2.75, 3.05) is 0 Å². The summed E-state index contributed by atoms with van der Waals surface area (Å²) >= 11 is 0. The molecule has 0 fully saturated rings. The standard InChI is InChI=1S/C23H47/c1-5-9-11-13-15-17-20-23(18-7-3)21-22(8-4)19-16-14-12-10-6-2/h21-23H,5-20H2,1-4H3. The SMILES string of the molecule is CCCCCCCCC([CH]C(CC)CCCCCCC)CCC. The molecule has 1 radical (unpaired) electrons. The molecule has 0 amide bonds. The van der Waals surface area contributed by atoms with Gasteiger partial charge in [-0.1, -0.05) is 130 Å². The van der Waals surface area contributed by atoms with Gasteiger partial charge in [-0.15, -0.1) is 0 Å². The van der Waals surface area contributed by atoms with Crippen LogP contribution in [-0.4, -0.2) is 0 Å². The molecule has 0 aliphatic carbocycles. The van der Waals surface area contributed by atoms with E-state index in [2.05, 4.69) is 34.1 Å². The van der Waals surface area contributed by atoms with E-state index in [1.165, 1.54) is 103 Å². The van der Waals surface area contributed by atoms with E-state index in [0.717, 1.165) is 11.8 Å². The van der Waals surface area contributed by atoms with E-state index in [1.54, 1.807) is 0 Å². The molecule has 0 saturated heterocycles. The summed E-state index contributed by atoms with van der Waals surface area (Å²) in [6, 6.07) is 0. The molecule has 0 aliphatic heterocycles. The van der Waals surface area contributed by atoms with Crippen molar-refractivity contribution in [3.05, 3.63) is 6.42 Å². The molecule has 0 aromatic carbocycles. The summed E-state index contributed by atoms with van der Waals surface area (Å²) in [6.45, 7) is 9.36. The summed E-state index contributed by atoms with van der Waals surface area (Å²) in [7, 11) is 0. The Balaban J connectivity index is 3.86. The van der Waals surface area contributed by atoms with E-state index in [4.69, 9.17) is 0 Å².